The number of anilines is 3. The standard InChI is InChI=1S/C56H38N4/c1-4-14-39(15-5-1)40-24-26-41(27-25-40)57-37-36-50-52(57)35-33-49-47-20-10-13-23-54(47)60(56(49)50)45-30-28-44(29-31-45)58(42-16-6-2-7-17-42)46-32-34-55-51(38-46)48-21-11-12-22-53(48)59(55)43-18-8-3-9-19-43/h1-38H. The normalized spacial score (nSPS) is 11.7. The van der Waals surface area contributed by atoms with Gasteiger partial charge in [0.2, 0.25) is 0 Å². The summed E-state index contributed by atoms with van der Waals surface area (Å²) in [6.45, 7) is 0. The van der Waals surface area contributed by atoms with Gasteiger partial charge in [-0.15, -0.1) is 0 Å². The molecule has 0 spiro atoms. The number of para-hydroxylation sites is 4. The minimum absolute atomic E-state index is 1.09. The highest BCUT2D eigenvalue weighted by Gasteiger charge is 2.20. The van der Waals surface area contributed by atoms with Crippen molar-refractivity contribution in [2.75, 3.05) is 4.90 Å². The summed E-state index contributed by atoms with van der Waals surface area (Å²) < 4.78 is 7.12. The second-order valence-corrected chi connectivity index (χ2v) is 15.4. The first-order valence-corrected chi connectivity index (χ1v) is 20.5. The largest absolute Gasteiger partial charge is 0.316 e. The molecule has 0 fully saturated rings. The zero-order valence-corrected chi connectivity index (χ0v) is 32.7. The molecule has 60 heavy (non-hydrogen) atoms. The Kier molecular flexibility index (Phi) is 7.82. The van der Waals surface area contributed by atoms with E-state index in [9.17, 15) is 0 Å². The molecule has 3 heterocycles. The van der Waals surface area contributed by atoms with Crippen molar-refractivity contribution < 1.29 is 0 Å². The number of aromatic nitrogens is 3. The number of rotatable bonds is 7. The summed E-state index contributed by atoms with van der Waals surface area (Å²) in [6, 6.07) is 81.1. The Bertz CT molecular complexity index is 3500. The molecule has 282 valence electrons. The van der Waals surface area contributed by atoms with Gasteiger partial charge in [-0.2, -0.15) is 0 Å². The summed E-state index contributed by atoms with van der Waals surface area (Å²) in [5, 5.41) is 6.16. The van der Waals surface area contributed by atoms with Crippen molar-refractivity contribution in [3.05, 3.63) is 231 Å². The van der Waals surface area contributed by atoms with Crippen LogP contribution in [0.25, 0.3) is 82.7 Å². The van der Waals surface area contributed by atoms with Crippen LogP contribution in [0.4, 0.5) is 17.1 Å². The number of benzene rings is 9. The molecule has 0 N–H and O–H groups in total. The van der Waals surface area contributed by atoms with Gasteiger partial charge in [0.15, 0.2) is 0 Å². The van der Waals surface area contributed by atoms with Crippen molar-refractivity contribution in [1.82, 2.24) is 13.7 Å². The topological polar surface area (TPSA) is 18.0 Å². The number of hydrogen-bond acceptors (Lipinski definition) is 1. The van der Waals surface area contributed by atoms with Gasteiger partial charge in [0, 0.05) is 67.3 Å². The lowest BCUT2D eigenvalue weighted by Gasteiger charge is -2.26. The van der Waals surface area contributed by atoms with Gasteiger partial charge < -0.3 is 18.6 Å². The fraction of sp³-hybridized carbons (Fsp3) is 0. The van der Waals surface area contributed by atoms with Crippen LogP contribution in [0, 0.1) is 0 Å². The fourth-order valence-electron chi connectivity index (χ4n) is 9.34. The van der Waals surface area contributed by atoms with Gasteiger partial charge in [0.05, 0.1) is 27.6 Å². The van der Waals surface area contributed by atoms with Crippen LogP contribution in [-0.4, -0.2) is 13.7 Å². The van der Waals surface area contributed by atoms with Gasteiger partial charge in [-0.3, -0.25) is 0 Å². The molecule has 12 aromatic rings. The Hall–Kier alpha value is -8.08. The first kappa shape index (κ1) is 34.0. The molecule has 0 atom stereocenters. The highest BCUT2D eigenvalue weighted by molar-refractivity contribution is 6.18. The SMILES string of the molecule is c1ccc(-c2ccc(-n3ccc4c3ccc3c5ccccc5n(-c5ccc(N(c6ccccc6)c6ccc7c(c6)c6ccccc6n7-c6ccccc6)cc5)c34)cc2)cc1. The smallest absolute Gasteiger partial charge is 0.0635 e. The first-order valence-electron chi connectivity index (χ1n) is 20.5. The van der Waals surface area contributed by atoms with Gasteiger partial charge in [0.25, 0.3) is 0 Å². The second kappa shape index (κ2) is 13.8. The van der Waals surface area contributed by atoms with Crippen molar-refractivity contribution in [3.63, 3.8) is 0 Å². The van der Waals surface area contributed by atoms with E-state index in [4.69, 9.17) is 0 Å². The Balaban J connectivity index is 0.986. The summed E-state index contributed by atoms with van der Waals surface area (Å²) in [6.07, 6.45) is 2.21. The van der Waals surface area contributed by atoms with Crippen molar-refractivity contribution in [2.45, 2.75) is 0 Å². The van der Waals surface area contributed by atoms with Crippen LogP contribution in [0.3, 0.4) is 0 Å². The van der Waals surface area contributed by atoms with E-state index in [1.807, 2.05) is 0 Å². The van der Waals surface area contributed by atoms with E-state index < -0.39 is 0 Å². The lowest BCUT2D eigenvalue weighted by atomic mass is 10.1. The maximum absolute atomic E-state index is 2.44. The zero-order valence-electron chi connectivity index (χ0n) is 32.7. The average Bonchev–Trinajstić information content (AvgIpc) is 4.01. The summed E-state index contributed by atoms with van der Waals surface area (Å²) in [5.41, 5.74) is 15.1. The van der Waals surface area contributed by atoms with Crippen LogP contribution >= 0.6 is 0 Å². The van der Waals surface area contributed by atoms with E-state index in [-0.39, 0.29) is 0 Å². The second-order valence-electron chi connectivity index (χ2n) is 15.4. The number of fused-ring (bicyclic) bond motifs is 8. The Labute approximate surface area is 347 Å². The van der Waals surface area contributed by atoms with E-state index in [1.54, 1.807) is 0 Å². The number of hydrogen-bond donors (Lipinski definition) is 0. The first-order chi connectivity index (χ1) is 29.8. The molecule has 0 bridgehead atoms. The molecule has 12 rings (SSSR count). The highest BCUT2D eigenvalue weighted by atomic mass is 15.1. The van der Waals surface area contributed by atoms with Crippen molar-refractivity contribution in [2.24, 2.45) is 0 Å². The van der Waals surface area contributed by atoms with E-state index >= 15 is 0 Å². The summed E-state index contributed by atoms with van der Waals surface area (Å²) in [5.74, 6) is 0. The molecule has 0 saturated heterocycles. The third-order valence-corrected chi connectivity index (χ3v) is 12.1. The van der Waals surface area contributed by atoms with Crippen molar-refractivity contribution in [1.29, 1.82) is 0 Å². The van der Waals surface area contributed by atoms with Crippen LogP contribution in [-0.2, 0) is 0 Å². The summed E-state index contributed by atoms with van der Waals surface area (Å²) in [7, 11) is 0. The third kappa shape index (κ3) is 5.39. The molecule has 0 amide bonds. The molecule has 0 aliphatic rings. The quantitative estimate of drug-likeness (QED) is 0.158. The van der Waals surface area contributed by atoms with Crippen LogP contribution in [0.5, 0.6) is 0 Å². The maximum Gasteiger partial charge on any atom is 0.0635 e. The summed E-state index contributed by atoms with van der Waals surface area (Å²) >= 11 is 0. The van der Waals surface area contributed by atoms with Gasteiger partial charge in [0.1, 0.15) is 0 Å². The minimum atomic E-state index is 1.09. The number of nitrogens with zero attached hydrogens (tertiary/aromatic N) is 4. The summed E-state index contributed by atoms with van der Waals surface area (Å²) in [4.78, 5) is 2.37. The fourth-order valence-corrected chi connectivity index (χ4v) is 9.34. The highest BCUT2D eigenvalue weighted by Crippen LogP contribution is 2.42. The molecule has 4 heteroatoms. The van der Waals surface area contributed by atoms with Crippen LogP contribution < -0.4 is 4.90 Å². The van der Waals surface area contributed by atoms with Gasteiger partial charge in [-0.25, -0.2) is 0 Å². The zero-order chi connectivity index (χ0) is 39.6. The van der Waals surface area contributed by atoms with E-state index in [0.717, 1.165) is 34.1 Å². The molecule has 9 aromatic carbocycles. The molecule has 0 aliphatic carbocycles. The molecule has 0 radical (unpaired) electrons. The minimum Gasteiger partial charge on any atom is -0.316 e. The lowest BCUT2D eigenvalue weighted by molar-refractivity contribution is 1.13. The molecule has 4 nitrogen and oxygen atoms in total. The van der Waals surface area contributed by atoms with Gasteiger partial charge >= 0.3 is 0 Å². The molecule has 0 saturated carbocycles. The predicted molar refractivity (Wildman–Crippen MR) is 252 cm³/mol. The van der Waals surface area contributed by atoms with Crippen LogP contribution in [0.1, 0.15) is 0 Å². The van der Waals surface area contributed by atoms with E-state index in [1.165, 1.54) is 65.6 Å². The Morgan fingerprint density at radius 3 is 1.53 bits per heavy atom. The molecular weight excluding hydrogens is 729 g/mol. The predicted octanol–water partition coefficient (Wildman–Crippen LogP) is 15.0. The van der Waals surface area contributed by atoms with E-state index in [0.29, 0.717) is 0 Å². The average molecular weight is 767 g/mol. The monoisotopic (exact) mass is 766 g/mol. The van der Waals surface area contributed by atoms with Crippen molar-refractivity contribution >= 4 is 71.6 Å². The van der Waals surface area contributed by atoms with Crippen LogP contribution in [0.15, 0.2) is 231 Å². The molecule has 3 aromatic heterocycles. The van der Waals surface area contributed by atoms with Gasteiger partial charge in [-0.05, 0) is 114 Å². The van der Waals surface area contributed by atoms with Crippen molar-refractivity contribution in [3.8, 4) is 28.2 Å². The Morgan fingerprint density at radius 1 is 0.283 bits per heavy atom. The van der Waals surface area contributed by atoms with Gasteiger partial charge in [-0.1, -0.05) is 121 Å². The molecule has 0 aliphatic heterocycles. The van der Waals surface area contributed by atoms with Crippen LogP contribution in [0.2, 0.25) is 0 Å². The van der Waals surface area contributed by atoms with E-state index in [2.05, 4.69) is 249 Å². The maximum atomic E-state index is 2.44. The molecule has 0 unspecified atom stereocenters. The third-order valence-electron chi connectivity index (χ3n) is 12.1. The lowest BCUT2D eigenvalue weighted by Crippen LogP contribution is -2.10. The Morgan fingerprint density at radius 2 is 0.800 bits per heavy atom. The molecular formula is C56H38N4.